The predicted molar refractivity (Wildman–Crippen MR) is 67.5 cm³/mol. The summed E-state index contributed by atoms with van der Waals surface area (Å²) in [6.07, 6.45) is 0. The summed E-state index contributed by atoms with van der Waals surface area (Å²) in [5.41, 5.74) is 6.69. The molecule has 2 atom stereocenters. The molecular weight excluding hydrogens is 248 g/mol. The fourth-order valence-electron chi connectivity index (χ4n) is 1.98. The molecule has 4 N–H and O–H groups in total. The number of benzene rings is 1. The van der Waals surface area contributed by atoms with E-state index in [-0.39, 0.29) is 30.0 Å². The molecule has 0 spiro atoms. The Labute approximate surface area is 110 Å². The van der Waals surface area contributed by atoms with Gasteiger partial charge in [-0.1, -0.05) is 12.1 Å². The number of carboxylic acids is 1. The molecular formula is C13H16N2O4. The molecule has 1 saturated heterocycles. The van der Waals surface area contributed by atoms with E-state index >= 15 is 0 Å². The largest absolute Gasteiger partial charge is 0.478 e. The SMILES string of the molecule is NC1COCC1C(=O)NCc1cccc(C(=O)O)c1. The van der Waals surface area contributed by atoms with E-state index in [2.05, 4.69) is 5.32 Å². The van der Waals surface area contributed by atoms with Crippen LogP contribution >= 0.6 is 0 Å². The second-order valence-corrected chi connectivity index (χ2v) is 4.53. The molecule has 1 aromatic carbocycles. The van der Waals surface area contributed by atoms with Crippen LogP contribution in [0.1, 0.15) is 15.9 Å². The van der Waals surface area contributed by atoms with Crippen LogP contribution in [-0.2, 0) is 16.1 Å². The molecule has 0 saturated carbocycles. The van der Waals surface area contributed by atoms with Crippen molar-refractivity contribution in [2.75, 3.05) is 13.2 Å². The average molecular weight is 264 g/mol. The zero-order valence-electron chi connectivity index (χ0n) is 10.3. The molecule has 2 rings (SSSR count). The number of hydrogen-bond donors (Lipinski definition) is 3. The van der Waals surface area contributed by atoms with Gasteiger partial charge in [0.2, 0.25) is 5.91 Å². The van der Waals surface area contributed by atoms with Crippen molar-refractivity contribution in [2.45, 2.75) is 12.6 Å². The van der Waals surface area contributed by atoms with Crippen molar-refractivity contribution in [2.24, 2.45) is 11.7 Å². The third-order valence-electron chi connectivity index (χ3n) is 3.10. The summed E-state index contributed by atoms with van der Waals surface area (Å²) in [4.78, 5) is 22.7. The van der Waals surface area contributed by atoms with Crippen LogP contribution in [0, 0.1) is 5.92 Å². The minimum Gasteiger partial charge on any atom is -0.478 e. The minimum atomic E-state index is -0.987. The quantitative estimate of drug-likeness (QED) is 0.709. The Bertz CT molecular complexity index is 489. The Balaban J connectivity index is 1.93. The van der Waals surface area contributed by atoms with Gasteiger partial charge < -0.3 is 20.9 Å². The van der Waals surface area contributed by atoms with E-state index < -0.39 is 5.97 Å². The molecule has 19 heavy (non-hydrogen) atoms. The van der Waals surface area contributed by atoms with Gasteiger partial charge in [0, 0.05) is 12.6 Å². The van der Waals surface area contributed by atoms with Crippen LogP contribution in [0.15, 0.2) is 24.3 Å². The highest BCUT2D eigenvalue weighted by Crippen LogP contribution is 2.12. The fraction of sp³-hybridized carbons (Fsp3) is 0.385. The van der Waals surface area contributed by atoms with Gasteiger partial charge in [-0.3, -0.25) is 4.79 Å². The minimum absolute atomic E-state index is 0.161. The lowest BCUT2D eigenvalue weighted by Gasteiger charge is -2.13. The van der Waals surface area contributed by atoms with Crippen molar-refractivity contribution in [3.8, 4) is 0 Å². The molecule has 1 aromatic rings. The number of hydrogen-bond acceptors (Lipinski definition) is 4. The molecule has 1 aliphatic rings. The highest BCUT2D eigenvalue weighted by molar-refractivity contribution is 5.87. The van der Waals surface area contributed by atoms with Gasteiger partial charge in [0.15, 0.2) is 0 Å². The van der Waals surface area contributed by atoms with E-state index in [1.54, 1.807) is 12.1 Å². The van der Waals surface area contributed by atoms with Gasteiger partial charge in [-0.05, 0) is 17.7 Å². The second-order valence-electron chi connectivity index (χ2n) is 4.53. The summed E-state index contributed by atoms with van der Waals surface area (Å²) in [6.45, 7) is 1.01. The number of nitrogens with two attached hydrogens (primary N) is 1. The number of amides is 1. The number of carbonyl (C=O) groups excluding carboxylic acids is 1. The third-order valence-corrected chi connectivity index (χ3v) is 3.10. The zero-order chi connectivity index (χ0) is 13.8. The topological polar surface area (TPSA) is 102 Å². The van der Waals surface area contributed by atoms with E-state index in [0.29, 0.717) is 13.2 Å². The Morgan fingerprint density at radius 3 is 2.84 bits per heavy atom. The number of ether oxygens (including phenoxy) is 1. The normalized spacial score (nSPS) is 22.2. The van der Waals surface area contributed by atoms with Gasteiger partial charge in [-0.15, -0.1) is 0 Å². The molecule has 1 aliphatic heterocycles. The van der Waals surface area contributed by atoms with Gasteiger partial charge in [0.1, 0.15) is 0 Å². The highest BCUT2D eigenvalue weighted by Gasteiger charge is 2.30. The smallest absolute Gasteiger partial charge is 0.335 e. The molecule has 0 radical (unpaired) electrons. The maximum Gasteiger partial charge on any atom is 0.335 e. The molecule has 0 aromatic heterocycles. The third kappa shape index (κ3) is 3.30. The fourth-order valence-corrected chi connectivity index (χ4v) is 1.98. The van der Waals surface area contributed by atoms with Crippen molar-refractivity contribution in [1.29, 1.82) is 0 Å². The van der Waals surface area contributed by atoms with Crippen LogP contribution in [0.3, 0.4) is 0 Å². The standard InChI is InChI=1S/C13H16N2O4/c14-11-7-19-6-10(11)12(16)15-5-8-2-1-3-9(4-8)13(17)18/h1-4,10-11H,5-7,14H2,(H,15,16)(H,17,18). The van der Waals surface area contributed by atoms with Crippen LogP contribution in [0.25, 0.3) is 0 Å². The maximum absolute atomic E-state index is 11.9. The van der Waals surface area contributed by atoms with E-state index in [9.17, 15) is 9.59 Å². The second kappa shape index (κ2) is 5.81. The van der Waals surface area contributed by atoms with Crippen molar-refractivity contribution in [3.63, 3.8) is 0 Å². The Hall–Kier alpha value is -1.92. The zero-order valence-corrected chi connectivity index (χ0v) is 10.3. The number of rotatable bonds is 4. The van der Waals surface area contributed by atoms with Crippen LogP contribution in [0.5, 0.6) is 0 Å². The first-order chi connectivity index (χ1) is 9.08. The first-order valence-electron chi connectivity index (χ1n) is 6.01. The first kappa shape index (κ1) is 13.5. The van der Waals surface area contributed by atoms with Gasteiger partial charge >= 0.3 is 5.97 Å². The van der Waals surface area contributed by atoms with Gasteiger partial charge in [0.05, 0.1) is 24.7 Å². The van der Waals surface area contributed by atoms with Crippen molar-refractivity contribution in [3.05, 3.63) is 35.4 Å². The summed E-state index contributed by atoms with van der Waals surface area (Å²) in [7, 11) is 0. The Morgan fingerprint density at radius 2 is 2.21 bits per heavy atom. The summed E-state index contributed by atoms with van der Waals surface area (Å²) in [5, 5.41) is 11.6. The highest BCUT2D eigenvalue weighted by atomic mass is 16.5. The molecule has 6 nitrogen and oxygen atoms in total. The number of carbonyl (C=O) groups is 2. The monoisotopic (exact) mass is 264 g/mol. The van der Waals surface area contributed by atoms with E-state index in [0.717, 1.165) is 5.56 Å². The van der Waals surface area contributed by atoms with Crippen LogP contribution in [-0.4, -0.2) is 36.2 Å². The van der Waals surface area contributed by atoms with E-state index in [4.69, 9.17) is 15.6 Å². The Kier molecular flexibility index (Phi) is 4.13. The summed E-state index contributed by atoms with van der Waals surface area (Å²) in [5.74, 6) is -1.48. The van der Waals surface area contributed by atoms with Crippen LogP contribution in [0.2, 0.25) is 0 Å². The average Bonchev–Trinajstić information content (AvgIpc) is 2.82. The van der Waals surface area contributed by atoms with Gasteiger partial charge in [-0.25, -0.2) is 4.79 Å². The lowest BCUT2D eigenvalue weighted by Crippen LogP contribution is -2.40. The first-order valence-corrected chi connectivity index (χ1v) is 6.01. The molecule has 0 aliphatic carbocycles. The van der Waals surface area contributed by atoms with E-state index in [1.807, 2.05) is 0 Å². The molecule has 1 heterocycles. The Morgan fingerprint density at radius 1 is 1.42 bits per heavy atom. The number of nitrogens with one attached hydrogen (secondary N) is 1. The number of aromatic carboxylic acids is 1. The maximum atomic E-state index is 11.9. The summed E-state index contributed by atoms with van der Waals surface area (Å²) >= 11 is 0. The summed E-state index contributed by atoms with van der Waals surface area (Å²) < 4.78 is 5.13. The molecule has 1 fully saturated rings. The van der Waals surface area contributed by atoms with Crippen LogP contribution < -0.4 is 11.1 Å². The number of carboxylic acid groups (broad SMARTS) is 1. The van der Waals surface area contributed by atoms with Gasteiger partial charge in [0.25, 0.3) is 0 Å². The van der Waals surface area contributed by atoms with E-state index in [1.165, 1.54) is 12.1 Å². The van der Waals surface area contributed by atoms with Crippen LogP contribution in [0.4, 0.5) is 0 Å². The summed E-state index contributed by atoms with van der Waals surface area (Å²) in [6, 6.07) is 6.18. The predicted octanol–water partition coefficient (Wildman–Crippen LogP) is -0.0253. The van der Waals surface area contributed by atoms with Crippen molar-refractivity contribution < 1.29 is 19.4 Å². The molecule has 102 valence electrons. The molecule has 0 bridgehead atoms. The van der Waals surface area contributed by atoms with Gasteiger partial charge in [-0.2, -0.15) is 0 Å². The lowest BCUT2D eigenvalue weighted by molar-refractivity contribution is -0.125. The van der Waals surface area contributed by atoms with Crippen molar-refractivity contribution >= 4 is 11.9 Å². The molecule has 2 unspecified atom stereocenters. The molecule has 6 heteroatoms. The van der Waals surface area contributed by atoms with Crippen molar-refractivity contribution in [1.82, 2.24) is 5.32 Å². The molecule has 1 amide bonds. The lowest BCUT2D eigenvalue weighted by atomic mass is 10.0.